The van der Waals surface area contributed by atoms with Crippen molar-refractivity contribution in [2.24, 2.45) is 0 Å². The molecule has 4 atom stereocenters. The quantitative estimate of drug-likeness (QED) is 0.365. The summed E-state index contributed by atoms with van der Waals surface area (Å²) in [4.78, 5) is 26.1. The normalized spacial score (nSPS) is 26.4. The summed E-state index contributed by atoms with van der Waals surface area (Å²) in [6.45, 7) is 3.28. The standard InChI is InChI=1S/C17H23N3O7/c1-11(21)19-12-3-5-13(6-4-12)24-8-2-7-18-14-9-25-17-15(27-20(22)23)10-26-16(14)17/h3-6,14-18H,2,7-10H2,1H3,(H,19,21)/t14-,15-,16+,17+/m0/s1. The van der Waals surface area contributed by atoms with Gasteiger partial charge >= 0.3 is 0 Å². The van der Waals surface area contributed by atoms with Crippen LogP contribution in [0.2, 0.25) is 0 Å². The molecule has 2 saturated heterocycles. The van der Waals surface area contributed by atoms with E-state index in [1.807, 2.05) is 0 Å². The van der Waals surface area contributed by atoms with Crippen molar-refractivity contribution in [3.63, 3.8) is 0 Å². The summed E-state index contributed by atoms with van der Waals surface area (Å²) < 4.78 is 16.8. The van der Waals surface area contributed by atoms with Crippen LogP contribution in [0.25, 0.3) is 0 Å². The number of benzene rings is 1. The Balaban J connectivity index is 1.33. The second kappa shape index (κ2) is 8.98. The minimum absolute atomic E-state index is 0.0210. The minimum atomic E-state index is -0.805. The summed E-state index contributed by atoms with van der Waals surface area (Å²) in [5.41, 5.74) is 0.725. The number of ether oxygens (including phenoxy) is 3. The Labute approximate surface area is 156 Å². The van der Waals surface area contributed by atoms with Crippen molar-refractivity contribution in [1.82, 2.24) is 5.32 Å². The van der Waals surface area contributed by atoms with Crippen LogP contribution in [0.5, 0.6) is 5.75 Å². The fraction of sp³-hybridized carbons (Fsp3) is 0.588. The fourth-order valence-electron chi connectivity index (χ4n) is 3.23. The number of carbonyl (C=O) groups is 1. The average molecular weight is 381 g/mol. The first-order valence-electron chi connectivity index (χ1n) is 8.81. The van der Waals surface area contributed by atoms with Crippen molar-refractivity contribution in [3.05, 3.63) is 34.4 Å². The van der Waals surface area contributed by atoms with E-state index in [9.17, 15) is 14.9 Å². The van der Waals surface area contributed by atoms with Gasteiger partial charge in [0.25, 0.3) is 5.09 Å². The van der Waals surface area contributed by atoms with Crippen LogP contribution in [-0.4, -0.2) is 61.7 Å². The largest absolute Gasteiger partial charge is 0.494 e. The van der Waals surface area contributed by atoms with Gasteiger partial charge in [-0.3, -0.25) is 4.79 Å². The molecule has 0 radical (unpaired) electrons. The Morgan fingerprint density at radius 3 is 2.70 bits per heavy atom. The van der Waals surface area contributed by atoms with Crippen LogP contribution in [0, 0.1) is 10.1 Å². The van der Waals surface area contributed by atoms with Crippen molar-refractivity contribution >= 4 is 11.6 Å². The highest BCUT2D eigenvalue weighted by molar-refractivity contribution is 5.88. The van der Waals surface area contributed by atoms with E-state index >= 15 is 0 Å². The number of nitrogens with one attached hydrogen (secondary N) is 2. The van der Waals surface area contributed by atoms with Crippen molar-refractivity contribution in [1.29, 1.82) is 0 Å². The van der Waals surface area contributed by atoms with Gasteiger partial charge in [0.05, 0.1) is 25.9 Å². The smallest absolute Gasteiger partial charge is 0.294 e. The van der Waals surface area contributed by atoms with Crippen LogP contribution in [-0.2, 0) is 19.1 Å². The first-order valence-corrected chi connectivity index (χ1v) is 8.81. The molecule has 2 heterocycles. The van der Waals surface area contributed by atoms with Crippen molar-refractivity contribution in [2.75, 3.05) is 31.7 Å². The van der Waals surface area contributed by atoms with E-state index < -0.39 is 17.3 Å². The van der Waals surface area contributed by atoms with Gasteiger partial charge in [0, 0.05) is 12.6 Å². The molecular formula is C17H23N3O7. The summed E-state index contributed by atoms with van der Waals surface area (Å²) in [7, 11) is 0. The number of anilines is 1. The molecule has 1 amide bonds. The Morgan fingerprint density at radius 2 is 2.00 bits per heavy atom. The van der Waals surface area contributed by atoms with Gasteiger partial charge in [-0.05, 0) is 37.2 Å². The zero-order valence-corrected chi connectivity index (χ0v) is 15.0. The molecule has 1 aromatic rings. The van der Waals surface area contributed by atoms with Crippen LogP contribution in [0.1, 0.15) is 13.3 Å². The fourth-order valence-corrected chi connectivity index (χ4v) is 3.23. The van der Waals surface area contributed by atoms with Crippen molar-refractivity contribution in [3.8, 4) is 5.75 Å². The lowest BCUT2D eigenvalue weighted by Gasteiger charge is -2.17. The number of fused-ring (bicyclic) bond motifs is 1. The van der Waals surface area contributed by atoms with Crippen LogP contribution in [0.3, 0.4) is 0 Å². The first-order chi connectivity index (χ1) is 13.0. The van der Waals surface area contributed by atoms with E-state index in [-0.39, 0.29) is 24.7 Å². The molecule has 0 saturated carbocycles. The molecular weight excluding hydrogens is 358 g/mol. The van der Waals surface area contributed by atoms with Crippen LogP contribution < -0.4 is 15.4 Å². The second-order valence-electron chi connectivity index (χ2n) is 6.43. The number of carbonyl (C=O) groups excluding carboxylic acids is 1. The third kappa shape index (κ3) is 5.28. The molecule has 10 nitrogen and oxygen atoms in total. The topological polar surface area (TPSA) is 121 Å². The van der Waals surface area contributed by atoms with E-state index in [2.05, 4.69) is 15.5 Å². The van der Waals surface area contributed by atoms with Gasteiger partial charge < -0.3 is 29.7 Å². The van der Waals surface area contributed by atoms with Gasteiger partial charge in [0.2, 0.25) is 5.91 Å². The van der Waals surface area contributed by atoms with Gasteiger partial charge in [-0.15, -0.1) is 10.1 Å². The third-order valence-corrected chi connectivity index (χ3v) is 4.40. The van der Waals surface area contributed by atoms with Crippen molar-refractivity contribution < 1.29 is 28.9 Å². The molecule has 1 aromatic carbocycles. The Kier molecular flexibility index (Phi) is 6.43. The predicted octanol–water partition coefficient (Wildman–Crippen LogP) is 0.747. The number of hydrogen-bond donors (Lipinski definition) is 2. The Morgan fingerprint density at radius 1 is 1.26 bits per heavy atom. The zero-order valence-electron chi connectivity index (χ0n) is 15.0. The van der Waals surface area contributed by atoms with Crippen LogP contribution in [0.4, 0.5) is 5.69 Å². The van der Waals surface area contributed by atoms with Crippen molar-refractivity contribution in [2.45, 2.75) is 37.7 Å². The monoisotopic (exact) mass is 381 g/mol. The molecule has 0 spiro atoms. The molecule has 0 aliphatic carbocycles. The number of hydrogen-bond acceptors (Lipinski definition) is 8. The molecule has 27 heavy (non-hydrogen) atoms. The summed E-state index contributed by atoms with van der Waals surface area (Å²) in [5, 5.41) is 15.7. The SMILES string of the molecule is CC(=O)Nc1ccc(OCCCN[C@H]2CO[C@H]3[C@@H]2OC[C@@H]3O[N+](=O)[O-])cc1. The van der Waals surface area contributed by atoms with Gasteiger partial charge in [0.15, 0.2) is 6.10 Å². The minimum Gasteiger partial charge on any atom is -0.494 e. The van der Waals surface area contributed by atoms with Gasteiger partial charge in [-0.1, -0.05) is 0 Å². The molecule has 2 N–H and O–H groups in total. The van der Waals surface area contributed by atoms with Gasteiger partial charge in [-0.2, -0.15) is 0 Å². The maximum Gasteiger partial charge on any atom is 0.294 e. The van der Waals surface area contributed by atoms with E-state index in [0.29, 0.717) is 19.8 Å². The van der Waals surface area contributed by atoms with E-state index in [4.69, 9.17) is 14.2 Å². The summed E-state index contributed by atoms with van der Waals surface area (Å²) in [5.74, 6) is 0.614. The molecule has 3 rings (SSSR count). The maximum absolute atomic E-state index is 11.0. The molecule has 2 aliphatic heterocycles. The molecule has 148 valence electrons. The predicted molar refractivity (Wildman–Crippen MR) is 94.0 cm³/mol. The molecule has 0 unspecified atom stereocenters. The lowest BCUT2D eigenvalue weighted by atomic mass is 10.1. The highest BCUT2D eigenvalue weighted by Crippen LogP contribution is 2.28. The Hall–Kier alpha value is -2.43. The number of rotatable bonds is 9. The molecule has 10 heteroatoms. The molecule has 2 fully saturated rings. The Bertz CT molecular complexity index is 654. The highest BCUT2D eigenvalue weighted by atomic mass is 17.0. The molecule has 0 aromatic heterocycles. The lowest BCUT2D eigenvalue weighted by molar-refractivity contribution is -0.769. The molecule has 0 bridgehead atoms. The van der Waals surface area contributed by atoms with Crippen LogP contribution in [0.15, 0.2) is 24.3 Å². The summed E-state index contributed by atoms with van der Waals surface area (Å²) in [6.07, 6.45) is -0.542. The maximum atomic E-state index is 11.0. The van der Waals surface area contributed by atoms with Gasteiger partial charge in [0.1, 0.15) is 18.0 Å². The van der Waals surface area contributed by atoms with E-state index in [0.717, 1.165) is 17.9 Å². The van der Waals surface area contributed by atoms with Crippen LogP contribution >= 0.6 is 0 Å². The number of nitrogens with zero attached hydrogens (tertiary/aromatic N) is 1. The second-order valence-corrected chi connectivity index (χ2v) is 6.43. The van der Waals surface area contributed by atoms with E-state index in [1.165, 1.54) is 6.92 Å². The third-order valence-electron chi connectivity index (χ3n) is 4.40. The lowest BCUT2D eigenvalue weighted by Crippen LogP contribution is -2.42. The molecule has 2 aliphatic rings. The summed E-state index contributed by atoms with van der Waals surface area (Å²) in [6, 6.07) is 7.15. The first kappa shape index (κ1) is 19.3. The average Bonchev–Trinajstić information content (AvgIpc) is 3.19. The van der Waals surface area contributed by atoms with Gasteiger partial charge in [-0.25, -0.2) is 0 Å². The number of amides is 1. The highest BCUT2D eigenvalue weighted by Gasteiger charge is 2.49. The zero-order chi connectivity index (χ0) is 19.2. The van der Waals surface area contributed by atoms with E-state index in [1.54, 1.807) is 24.3 Å². The summed E-state index contributed by atoms with van der Waals surface area (Å²) >= 11 is 0.